The Morgan fingerprint density at radius 3 is 2.90 bits per heavy atom. The number of carbonyl (C=O) groups is 1. The summed E-state index contributed by atoms with van der Waals surface area (Å²) in [4.78, 5) is 25.6. The van der Waals surface area contributed by atoms with Crippen molar-refractivity contribution in [3.63, 3.8) is 0 Å². The second kappa shape index (κ2) is 5.57. The molecule has 0 aliphatic rings. The van der Waals surface area contributed by atoms with Gasteiger partial charge in [0, 0.05) is 6.07 Å². The molecule has 0 aliphatic heterocycles. The first kappa shape index (κ1) is 13.2. The van der Waals surface area contributed by atoms with Crippen LogP contribution in [-0.4, -0.2) is 25.6 Å². The van der Waals surface area contributed by atoms with Gasteiger partial charge in [0.15, 0.2) is 0 Å². The molecule has 0 unspecified atom stereocenters. The summed E-state index contributed by atoms with van der Waals surface area (Å²) < 4.78 is 1.17. The Kier molecular flexibility index (Phi) is 3.67. The molecule has 0 atom stereocenters. The van der Waals surface area contributed by atoms with Gasteiger partial charge in [0.25, 0.3) is 11.5 Å². The summed E-state index contributed by atoms with van der Waals surface area (Å²) >= 11 is 0. The SMILES string of the molecule is N#Cc1ncn(CC(=O)Nc2ccccc2[N+](=O)[O-])n1. The first-order valence-corrected chi connectivity index (χ1v) is 5.43. The molecule has 1 N–H and O–H groups in total. The van der Waals surface area contributed by atoms with Crippen molar-refractivity contribution in [2.45, 2.75) is 6.54 Å². The number of rotatable bonds is 4. The normalized spacial score (nSPS) is 9.75. The maximum atomic E-state index is 11.7. The molecule has 2 rings (SSSR count). The maximum Gasteiger partial charge on any atom is 0.292 e. The molecule has 20 heavy (non-hydrogen) atoms. The molecule has 100 valence electrons. The van der Waals surface area contributed by atoms with Crippen LogP contribution in [0.15, 0.2) is 30.6 Å². The van der Waals surface area contributed by atoms with Crippen molar-refractivity contribution in [3.05, 3.63) is 46.5 Å². The number of nitro groups is 1. The van der Waals surface area contributed by atoms with E-state index < -0.39 is 10.8 Å². The van der Waals surface area contributed by atoms with E-state index in [2.05, 4.69) is 15.4 Å². The largest absolute Gasteiger partial charge is 0.319 e. The summed E-state index contributed by atoms with van der Waals surface area (Å²) in [6.45, 7) is -0.194. The minimum atomic E-state index is -0.584. The molecular formula is C11H8N6O3. The Hall–Kier alpha value is -3.28. The third kappa shape index (κ3) is 2.94. The Balaban J connectivity index is 2.09. The van der Waals surface area contributed by atoms with Crippen molar-refractivity contribution < 1.29 is 9.72 Å². The lowest BCUT2D eigenvalue weighted by atomic mass is 10.2. The number of benzene rings is 1. The molecule has 9 heteroatoms. The van der Waals surface area contributed by atoms with Crippen molar-refractivity contribution >= 4 is 17.3 Å². The summed E-state index contributed by atoms with van der Waals surface area (Å²) in [5.74, 6) is -0.558. The van der Waals surface area contributed by atoms with Gasteiger partial charge in [0.2, 0.25) is 5.91 Å². The number of hydrogen-bond donors (Lipinski definition) is 1. The van der Waals surface area contributed by atoms with Crippen LogP contribution in [0.3, 0.4) is 0 Å². The number of amides is 1. The minimum absolute atomic E-state index is 0.0523. The highest BCUT2D eigenvalue weighted by Crippen LogP contribution is 2.22. The van der Waals surface area contributed by atoms with Crippen molar-refractivity contribution in [3.8, 4) is 6.07 Å². The number of hydrogen-bond acceptors (Lipinski definition) is 6. The van der Waals surface area contributed by atoms with Crippen LogP contribution >= 0.6 is 0 Å². The lowest BCUT2D eigenvalue weighted by Crippen LogP contribution is -2.19. The molecule has 9 nitrogen and oxygen atoms in total. The van der Waals surface area contributed by atoms with E-state index >= 15 is 0 Å². The zero-order valence-electron chi connectivity index (χ0n) is 10.1. The van der Waals surface area contributed by atoms with Crippen LogP contribution in [0.5, 0.6) is 0 Å². The lowest BCUT2D eigenvalue weighted by Gasteiger charge is -2.05. The fourth-order valence-electron chi connectivity index (χ4n) is 1.50. The van der Waals surface area contributed by atoms with Gasteiger partial charge in [-0.05, 0) is 6.07 Å². The second-order valence-corrected chi connectivity index (χ2v) is 3.70. The molecule has 1 heterocycles. The van der Waals surface area contributed by atoms with Gasteiger partial charge in [-0.15, -0.1) is 5.10 Å². The molecule has 0 fully saturated rings. The van der Waals surface area contributed by atoms with Gasteiger partial charge in [-0.3, -0.25) is 14.9 Å². The predicted molar refractivity (Wildman–Crippen MR) is 66.5 cm³/mol. The van der Waals surface area contributed by atoms with Crippen LogP contribution in [0.25, 0.3) is 0 Å². The van der Waals surface area contributed by atoms with Crippen LogP contribution in [-0.2, 0) is 11.3 Å². The number of carbonyl (C=O) groups excluding carboxylic acids is 1. The van der Waals surface area contributed by atoms with Crippen LogP contribution in [0, 0.1) is 21.4 Å². The van der Waals surface area contributed by atoms with Crippen LogP contribution in [0.2, 0.25) is 0 Å². The maximum absolute atomic E-state index is 11.7. The molecule has 1 amide bonds. The zero-order chi connectivity index (χ0) is 14.5. The minimum Gasteiger partial charge on any atom is -0.319 e. The van der Waals surface area contributed by atoms with Crippen molar-refractivity contribution in [2.75, 3.05) is 5.32 Å². The topological polar surface area (TPSA) is 127 Å². The van der Waals surface area contributed by atoms with Gasteiger partial charge in [-0.2, -0.15) is 5.26 Å². The van der Waals surface area contributed by atoms with E-state index in [-0.39, 0.29) is 23.7 Å². The molecular weight excluding hydrogens is 264 g/mol. The number of aromatic nitrogens is 3. The molecule has 0 saturated heterocycles. The number of nitro benzene ring substituents is 1. The predicted octanol–water partition coefficient (Wildman–Crippen LogP) is 0.697. The van der Waals surface area contributed by atoms with E-state index in [0.717, 1.165) is 0 Å². The van der Waals surface area contributed by atoms with Crippen molar-refractivity contribution in [1.82, 2.24) is 14.8 Å². The molecule has 0 aliphatic carbocycles. The molecule has 1 aromatic heterocycles. The molecule has 2 aromatic rings. The van der Waals surface area contributed by atoms with Crippen LogP contribution in [0.1, 0.15) is 5.82 Å². The van der Waals surface area contributed by atoms with Gasteiger partial charge < -0.3 is 5.32 Å². The van der Waals surface area contributed by atoms with Crippen LogP contribution in [0.4, 0.5) is 11.4 Å². The summed E-state index contributed by atoms with van der Waals surface area (Å²) in [6.07, 6.45) is 1.23. The average Bonchev–Trinajstić information content (AvgIpc) is 2.86. The summed E-state index contributed by atoms with van der Waals surface area (Å²) in [7, 11) is 0. The number of anilines is 1. The second-order valence-electron chi connectivity index (χ2n) is 3.70. The van der Waals surface area contributed by atoms with E-state index in [1.54, 1.807) is 12.1 Å². The van der Waals surface area contributed by atoms with Gasteiger partial charge in [0.05, 0.1) is 4.92 Å². The molecule has 0 radical (unpaired) electrons. The highest BCUT2D eigenvalue weighted by atomic mass is 16.6. The lowest BCUT2D eigenvalue weighted by molar-refractivity contribution is -0.383. The first-order valence-electron chi connectivity index (χ1n) is 5.43. The van der Waals surface area contributed by atoms with Gasteiger partial charge in [0.1, 0.15) is 24.6 Å². The number of nitrogens with one attached hydrogen (secondary N) is 1. The fraction of sp³-hybridized carbons (Fsp3) is 0.0909. The van der Waals surface area contributed by atoms with Crippen LogP contribution < -0.4 is 5.32 Å². The third-order valence-electron chi connectivity index (χ3n) is 2.32. The first-order chi connectivity index (χ1) is 9.60. The monoisotopic (exact) mass is 272 g/mol. The summed E-state index contributed by atoms with van der Waals surface area (Å²) in [5.41, 5.74) is -0.0970. The van der Waals surface area contributed by atoms with Crippen molar-refractivity contribution in [2.24, 2.45) is 0 Å². The number of nitrogens with zero attached hydrogens (tertiary/aromatic N) is 5. The molecule has 0 saturated carbocycles. The molecule has 0 spiro atoms. The average molecular weight is 272 g/mol. The van der Waals surface area contributed by atoms with Crippen molar-refractivity contribution in [1.29, 1.82) is 5.26 Å². The Morgan fingerprint density at radius 2 is 2.25 bits per heavy atom. The smallest absolute Gasteiger partial charge is 0.292 e. The number of para-hydroxylation sites is 2. The molecule has 1 aromatic carbocycles. The quantitative estimate of drug-likeness (QED) is 0.644. The molecule has 0 bridgehead atoms. The van der Waals surface area contributed by atoms with E-state index in [0.29, 0.717) is 0 Å². The number of nitriles is 1. The zero-order valence-corrected chi connectivity index (χ0v) is 10.1. The van der Waals surface area contributed by atoms with Gasteiger partial charge >= 0.3 is 0 Å². The Labute approximate surface area is 112 Å². The fourth-order valence-corrected chi connectivity index (χ4v) is 1.50. The van der Waals surface area contributed by atoms with E-state index in [9.17, 15) is 14.9 Å². The van der Waals surface area contributed by atoms with Gasteiger partial charge in [-0.25, -0.2) is 9.67 Å². The highest BCUT2D eigenvalue weighted by Gasteiger charge is 2.15. The van der Waals surface area contributed by atoms with E-state index in [1.165, 1.54) is 29.2 Å². The van der Waals surface area contributed by atoms with E-state index in [1.807, 2.05) is 0 Å². The van der Waals surface area contributed by atoms with Gasteiger partial charge in [-0.1, -0.05) is 12.1 Å². The summed E-state index contributed by atoms with van der Waals surface area (Å²) in [5, 5.41) is 25.5. The Morgan fingerprint density at radius 1 is 1.50 bits per heavy atom. The standard InChI is InChI=1S/C11H8N6O3/c12-5-10-13-7-16(15-10)6-11(18)14-8-3-1-2-4-9(8)17(19)20/h1-4,7H,6H2,(H,14,18). The van der Waals surface area contributed by atoms with E-state index in [4.69, 9.17) is 5.26 Å². The third-order valence-corrected chi connectivity index (χ3v) is 2.32. The Bertz CT molecular complexity index is 702. The highest BCUT2D eigenvalue weighted by molar-refractivity contribution is 5.92. The summed E-state index contributed by atoms with van der Waals surface area (Å²) in [6, 6.07) is 7.53.